The summed E-state index contributed by atoms with van der Waals surface area (Å²) in [5.41, 5.74) is 10.2. The maximum atomic E-state index is 11.1. The monoisotopic (exact) mass is 347 g/mol. The minimum absolute atomic E-state index is 0.0422. The van der Waals surface area contributed by atoms with E-state index >= 15 is 0 Å². The van der Waals surface area contributed by atoms with Gasteiger partial charge in [0.15, 0.2) is 6.10 Å². The summed E-state index contributed by atoms with van der Waals surface area (Å²) < 4.78 is 4.49. The number of hydrogen-bond acceptors (Lipinski definition) is 7. The van der Waals surface area contributed by atoms with E-state index in [1.165, 1.54) is 6.92 Å². The third-order valence-corrected chi connectivity index (χ3v) is 2.94. The molecule has 0 aromatic carbocycles. The van der Waals surface area contributed by atoms with Crippen molar-refractivity contribution in [1.82, 2.24) is 5.32 Å². The molecule has 0 aromatic heterocycles. The second-order valence-corrected chi connectivity index (χ2v) is 5.03. The Bertz CT molecular complexity index is 507. The average molecular weight is 347 g/mol. The first-order valence-electron chi connectivity index (χ1n) is 7.04. The molecule has 1 aliphatic rings. The standard InChI is InChI=1S/C8H14N2O5.C5H7NO3/c1-4(7(12)13)15-8(14)5(9)2-3-6(10)11;7-4-2-1-3(6-4)5(8)9/h4-5H,2-3,9H2,1H3,(H2,10,11)(H,12,13);3H,1-2H2,(H,6,7)(H,8,9)/t4?,5-;3-/m00/s1. The van der Waals surface area contributed by atoms with Gasteiger partial charge in [0.25, 0.3) is 0 Å². The van der Waals surface area contributed by atoms with Gasteiger partial charge in [0.05, 0.1) is 0 Å². The van der Waals surface area contributed by atoms with Gasteiger partial charge in [-0.25, -0.2) is 9.59 Å². The quantitative estimate of drug-likeness (QED) is 0.321. The van der Waals surface area contributed by atoms with E-state index in [2.05, 4.69) is 10.1 Å². The first kappa shape index (κ1) is 21.3. The van der Waals surface area contributed by atoms with Crippen molar-refractivity contribution in [2.75, 3.05) is 0 Å². The fourth-order valence-electron chi connectivity index (χ4n) is 1.53. The van der Waals surface area contributed by atoms with Gasteiger partial charge in [-0.05, 0) is 19.8 Å². The van der Waals surface area contributed by atoms with E-state index in [0.29, 0.717) is 12.8 Å². The molecular formula is C13H21N3O8. The number of amides is 2. The van der Waals surface area contributed by atoms with Crippen LogP contribution in [0.15, 0.2) is 0 Å². The second kappa shape index (κ2) is 10.2. The predicted octanol–water partition coefficient (Wildman–Crippen LogP) is -2.05. The summed E-state index contributed by atoms with van der Waals surface area (Å²) >= 11 is 0. The molecule has 0 bridgehead atoms. The highest BCUT2D eigenvalue weighted by atomic mass is 16.6. The zero-order valence-corrected chi connectivity index (χ0v) is 13.1. The molecule has 1 rings (SSSR count). The molecule has 11 nitrogen and oxygen atoms in total. The Balaban J connectivity index is 0.000000496. The lowest BCUT2D eigenvalue weighted by atomic mass is 10.1. The summed E-state index contributed by atoms with van der Waals surface area (Å²) in [6.45, 7) is 1.21. The van der Waals surface area contributed by atoms with E-state index in [-0.39, 0.29) is 18.7 Å². The number of hydrogen-bond donors (Lipinski definition) is 5. The maximum absolute atomic E-state index is 11.1. The number of esters is 1. The maximum Gasteiger partial charge on any atom is 0.344 e. The molecule has 24 heavy (non-hydrogen) atoms. The van der Waals surface area contributed by atoms with E-state index in [0.717, 1.165) is 0 Å². The lowest BCUT2D eigenvalue weighted by molar-refractivity contribution is -0.163. The van der Waals surface area contributed by atoms with Crippen LogP contribution in [-0.2, 0) is 28.7 Å². The summed E-state index contributed by atoms with van der Waals surface area (Å²) in [7, 11) is 0. The first-order valence-corrected chi connectivity index (χ1v) is 7.04. The summed E-state index contributed by atoms with van der Waals surface area (Å²) in [6, 6.07) is -1.67. The van der Waals surface area contributed by atoms with E-state index in [9.17, 15) is 24.0 Å². The topological polar surface area (TPSA) is 199 Å². The van der Waals surface area contributed by atoms with Crippen LogP contribution in [0.5, 0.6) is 0 Å². The molecule has 0 aliphatic carbocycles. The van der Waals surface area contributed by atoms with Crippen molar-refractivity contribution in [3.63, 3.8) is 0 Å². The third-order valence-electron chi connectivity index (χ3n) is 2.94. The van der Waals surface area contributed by atoms with Gasteiger partial charge in [0.1, 0.15) is 12.1 Å². The molecule has 1 unspecified atom stereocenters. The van der Waals surface area contributed by atoms with Crippen molar-refractivity contribution in [3.05, 3.63) is 0 Å². The van der Waals surface area contributed by atoms with Gasteiger partial charge in [0, 0.05) is 12.8 Å². The molecule has 11 heteroatoms. The number of carbonyl (C=O) groups excluding carboxylic acids is 3. The van der Waals surface area contributed by atoms with E-state index in [1.807, 2.05) is 0 Å². The van der Waals surface area contributed by atoms with Crippen LogP contribution < -0.4 is 16.8 Å². The lowest BCUT2D eigenvalue weighted by Crippen LogP contribution is -2.37. The minimum atomic E-state index is -1.26. The molecule has 1 heterocycles. The van der Waals surface area contributed by atoms with Gasteiger partial charge in [-0.3, -0.25) is 14.4 Å². The Morgan fingerprint density at radius 1 is 1.33 bits per heavy atom. The molecule has 3 atom stereocenters. The van der Waals surface area contributed by atoms with Crippen LogP contribution in [-0.4, -0.2) is 58.1 Å². The predicted molar refractivity (Wildman–Crippen MR) is 78.4 cm³/mol. The number of aliphatic carboxylic acids is 2. The van der Waals surface area contributed by atoms with Crippen molar-refractivity contribution >= 4 is 29.7 Å². The molecule has 2 amide bonds. The number of rotatable bonds is 7. The van der Waals surface area contributed by atoms with Crippen LogP contribution in [0.25, 0.3) is 0 Å². The van der Waals surface area contributed by atoms with Crippen LogP contribution in [0.2, 0.25) is 0 Å². The molecule has 0 radical (unpaired) electrons. The van der Waals surface area contributed by atoms with Crippen molar-refractivity contribution < 1.29 is 38.9 Å². The summed E-state index contributed by atoms with van der Waals surface area (Å²) in [4.78, 5) is 52.3. The van der Waals surface area contributed by atoms with Crippen LogP contribution >= 0.6 is 0 Å². The molecule has 0 spiro atoms. The van der Waals surface area contributed by atoms with Crippen LogP contribution in [0, 0.1) is 0 Å². The number of carboxylic acids is 2. The van der Waals surface area contributed by atoms with E-state index < -0.39 is 42.0 Å². The number of ether oxygens (including phenoxy) is 1. The van der Waals surface area contributed by atoms with Gasteiger partial charge < -0.3 is 31.7 Å². The van der Waals surface area contributed by atoms with Crippen molar-refractivity contribution in [2.24, 2.45) is 11.5 Å². The molecule has 136 valence electrons. The van der Waals surface area contributed by atoms with Gasteiger partial charge in [-0.1, -0.05) is 0 Å². The summed E-state index contributed by atoms with van der Waals surface area (Å²) in [5.74, 6) is -3.80. The highest BCUT2D eigenvalue weighted by Gasteiger charge is 2.26. The lowest BCUT2D eigenvalue weighted by Gasteiger charge is -2.13. The summed E-state index contributed by atoms with van der Waals surface area (Å²) in [5, 5.41) is 19.1. The van der Waals surface area contributed by atoms with E-state index in [4.69, 9.17) is 21.7 Å². The Morgan fingerprint density at radius 3 is 2.25 bits per heavy atom. The Hall–Kier alpha value is -2.69. The SMILES string of the molecule is CC(OC(=O)[C@@H](N)CCC(N)=O)C(=O)O.O=C1CC[C@@H](C(=O)O)N1. The molecular weight excluding hydrogens is 326 g/mol. The van der Waals surface area contributed by atoms with E-state index in [1.54, 1.807) is 0 Å². The van der Waals surface area contributed by atoms with Crippen LogP contribution in [0.4, 0.5) is 0 Å². The Kier molecular flexibility index (Phi) is 9.02. The normalized spacial score (nSPS) is 18.4. The molecule has 0 saturated carbocycles. The minimum Gasteiger partial charge on any atom is -0.480 e. The number of carboxylic acid groups (broad SMARTS) is 2. The molecule has 0 aromatic rings. The van der Waals surface area contributed by atoms with Gasteiger partial charge in [-0.2, -0.15) is 0 Å². The summed E-state index contributed by atoms with van der Waals surface area (Å²) in [6.07, 6.45) is -0.485. The third kappa shape index (κ3) is 8.68. The highest BCUT2D eigenvalue weighted by molar-refractivity contribution is 5.87. The number of nitrogens with one attached hydrogen (secondary N) is 1. The largest absolute Gasteiger partial charge is 0.480 e. The van der Waals surface area contributed by atoms with Crippen molar-refractivity contribution in [2.45, 2.75) is 50.8 Å². The number of primary amides is 1. The fourth-order valence-corrected chi connectivity index (χ4v) is 1.53. The average Bonchev–Trinajstić information content (AvgIpc) is 2.92. The highest BCUT2D eigenvalue weighted by Crippen LogP contribution is 2.05. The molecule has 1 aliphatic heterocycles. The smallest absolute Gasteiger partial charge is 0.344 e. The van der Waals surface area contributed by atoms with Gasteiger partial charge >= 0.3 is 17.9 Å². The van der Waals surface area contributed by atoms with Crippen molar-refractivity contribution in [3.8, 4) is 0 Å². The van der Waals surface area contributed by atoms with Crippen molar-refractivity contribution in [1.29, 1.82) is 0 Å². The van der Waals surface area contributed by atoms with Crippen LogP contribution in [0.3, 0.4) is 0 Å². The first-order chi connectivity index (χ1) is 11.0. The molecule has 1 saturated heterocycles. The Labute approximate surface area is 137 Å². The number of carbonyl (C=O) groups is 5. The van der Waals surface area contributed by atoms with Gasteiger partial charge in [0.2, 0.25) is 11.8 Å². The molecule has 7 N–H and O–H groups in total. The zero-order valence-electron chi connectivity index (χ0n) is 13.1. The second-order valence-electron chi connectivity index (χ2n) is 5.03. The van der Waals surface area contributed by atoms with Crippen LogP contribution in [0.1, 0.15) is 32.6 Å². The Morgan fingerprint density at radius 2 is 1.92 bits per heavy atom. The zero-order chi connectivity index (χ0) is 18.9. The number of nitrogens with two attached hydrogens (primary N) is 2. The fraction of sp³-hybridized carbons (Fsp3) is 0.615. The molecule has 1 fully saturated rings. The van der Waals surface area contributed by atoms with Gasteiger partial charge in [-0.15, -0.1) is 0 Å².